The molecule has 0 N–H and O–H groups in total. The monoisotopic (exact) mass is 311 g/mol. The summed E-state index contributed by atoms with van der Waals surface area (Å²) in [6, 6.07) is 14.0. The van der Waals surface area contributed by atoms with Crippen molar-refractivity contribution < 1.29 is 4.39 Å². The molecule has 23 heavy (non-hydrogen) atoms. The lowest BCUT2D eigenvalue weighted by Crippen LogP contribution is -1.98. The summed E-state index contributed by atoms with van der Waals surface area (Å²) in [4.78, 5) is 0. The second-order valence-electron chi connectivity index (χ2n) is 6.42. The Morgan fingerprint density at radius 2 is 1.70 bits per heavy atom. The number of rotatable bonds is 8. The van der Waals surface area contributed by atoms with Gasteiger partial charge in [-0.05, 0) is 66.5 Å². The summed E-state index contributed by atoms with van der Waals surface area (Å²) in [5, 5.41) is 0. The zero-order chi connectivity index (χ0) is 16.7. The number of hydrogen-bond acceptors (Lipinski definition) is 0. The largest absolute Gasteiger partial charge is 0.207 e. The van der Waals surface area contributed by atoms with Gasteiger partial charge in [0.1, 0.15) is 5.82 Å². The van der Waals surface area contributed by atoms with Gasteiger partial charge in [0.25, 0.3) is 0 Å². The minimum absolute atomic E-state index is 0.136. The molecule has 0 aliphatic carbocycles. The number of aryl methyl sites for hydroxylation is 1. The fourth-order valence-corrected chi connectivity index (χ4v) is 3.01. The maximum absolute atomic E-state index is 13.4. The molecule has 2 aromatic carbocycles. The molecule has 1 atom stereocenters. The van der Waals surface area contributed by atoms with E-state index in [-0.39, 0.29) is 5.82 Å². The Balaban J connectivity index is 2.09. The van der Waals surface area contributed by atoms with Crippen LogP contribution in [-0.4, -0.2) is 0 Å². The van der Waals surface area contributed by atoms with Crippen LogP contribution in [0.3, 0.4) is 0 Å². The van der Waals surface area contributed by atoms with E-state index >= 15 is 0 Å². The number of halogens is 1. The van der Waals surface area contributed by atoms with Gasteiger partial charge in [-0.3, -0.25) is 0 Å². The molecule has 0 fully saturated rings. The molecule has 1 unspecified atom stereocenters. The Kier molecular flexibility index (Phi) is 6.83. The van der Waals surface area contributed by atoms with Crippen molar-refractivity contribution >= 4 is 0 Å². The van der Waals surface area contributed by atoms with Crippen molar-refractivity contribution in [2.75, 3.05) is 0 Å². The lowest BCUT2D eigenvalue weighted by molar-refractivity contribution is 0.624. The molecule has 2 rings (SSSR count). The summed E-state index contributed by atoms with van der Waals surface area (Å²) in [5.74, 6) is 0.244. The van der Waals surface area contributed by atoms with Gasteiger partial charge in [-0.15, -0.1) is 0 Å². The smallest absolute Gasteiger partial charge is 0.123 e. The van der Waals surface area contributed by atoms with Gasteiger partial charge < -0.3 is 0 Å². The van der Waals surface area contributed by atoms with Gasteiger partial charge in [0, 0.05) is 0 Å². The van der Waals surface area contributed by atoms with Crippen LogP contribution in [0.5, 0.6) is 0 Å². The van der Waals surface area contributed by atoms with E-state index < -0.39 is 0 Å². The molecule has 0 saturated carbocycles. The first-order valence-corrected chi connectivity index (χ1v) is 8.83. The third kappa shape index (κ3) is 5.20. The molecule has 0 spiro atoms. The second kappa shape index (κ2) is 8.86. The van der Waals surface area contributed by atoms with Crippen molar-refractivity contribution in [1.82, 2.24) is 0 Å². The van der Waals surface area contributed by atoms with Crippen molar-refractivity contribution in [3.8, 4) is 0 Å². The standard InChI is InChI=1S/C22H28F/c1-4-6-8-17(3)19-11-9-18(10-12-19)15-21-13-14-22(23)16-20(21)7-5-2/h9-14,16-17H,3-8,15H2,1-2H3. The van der Waals surface area contributed by atoms with Gasteiger partial charge in [0.15, 0.2) is 0 Å². The molecule has 0 aliphatic heterocycles. The molecular formula is C22H28F. The van der Waals surface area contributed by atoms with E-state index in [2.05, 4.69) is 45.0 Å². The lowest BCUT2D eigenvalue weighted by Gasteiger charge is -2.13. The maximum atomic E-state index is 13.4. The topological polar surface area (TPSA) is 0 Å². The highest BCUT2D eigenvalue weighted by Gasteiger charge is 2.07. The van der Waals surface area contributed by atoms with Crippen molar-refractivity contribution in [2.24, 2.45) is 0 Å². The molecule has 2 aromatic rings. The molecular weight excluding hydrogens is 283 g/mol. The van der Waals surface area contributed by atoms with Gasteiger partial charge in [0.05, 0.1) is 0 Å². The Bertz CT molecular complexity index is 598. The van der Waals surface area contributed by atoms with Gasteiger partial charge in [0.2, 0.25) is 0 Å². The highest BCUT2D eigenvalue weighted by Crippen LogP contribution is 2.23. The zero-order valence-electron chi connectivity index (χ0n) is 14.4. The first kappa shape index (κ1) is 17.7. The molecule has 0 amide bonds. The van der Waals surface area contributed by atoms with Gasteiger partial charge in [-0.25, -0.2) is 4.39 Å². The molecule has 0 saturated heterocycles. The molecule has 1 radical (unpaired) electrons. The molecule has 123 valence electrons. The van der Waals surface area contributed by atoms with Crippen molar-refractivity contribution in [1.29, 1.82) is 0 Å². The fourth-order valence-electron chi connectivity index (χ4n) is 3.01. The Hall–Kier alpha value is -1.63. The molecule has 0 aromatic heterocycles. The zero-order valence-corrected chi connectivity index (χ0v) is 14.4. The van der Waals surface area contributed by atoms with Crippen molar-refractivity contribution in [2.45, 2.75) is 58.3 Å². The van der Waals surface area contributed by atoms with E-state index in [0.717, 1.165) is 31.2 Å². The predicted molar refractivity (Wildman–Crippen MR) is 97.3 cm³/mol. The average molecular weight is 311 g/mol. The molecule has 0 heterocycles. The summed E-state index contributed by atoms with van der Waals surface area (Å²) in [7, 11) is 0. The van der Waals surface area contributed by atoms with E-state index in [1.165, 1.54) is 29.5 Å². The van der Waals surface area contributed by atoms with E-state index in [1.54, 1.807) is 12.1 Å². The number of hydrogen-bond donors (Lipinski definition) is 0. The quantitative estimate of drug-likeness (QED) is 0.523. The third-order valence-electron chi connectivity index (χ3n) is 4.44. The second-order valence-corrected chi connectivity index (χ2v) is 6.42. The van der Waals surface area contributed by atoms with Crippen LogP contribution in [0.1, 0.15) is 67.7 Å². The highest BCUT2D eigenvalue weighted by molar-refractivity contribution is 5.35. The van der Waals surface area contributed by atoms with Gasteiger partial charge in [-0.1, -0.05) is 63.4 Å². The minimum Gasteiger partial charge on any atom is -0.207 e. The lowest BCUT2D eigenvalue weighted by atomic mass is 9.92. The predicted octanol–water partition coefficient (Wildman–Crippen LogP) is 6.48. The summed E-state index contributed by atoms with van der Waals surface area (Å²) >= 11 is 0. The number of benzene rings is 2. The van der Waals surface area contributed by atoms with Crippen LogP contribution in [0.15, 0.2) is 42.5 Å². The van der Waals surface area contributed by atoms with E-state index in [0.29, 0.717) is 5.92 Å². The third-order valence-corrected chi connectivity index (χ3v) is 4.44. The summed E-state index contributed by atoms with van der Waals surface area (Å²) in [5.41, 5.74) is 4.96. The SMILES string of the molecule is [CH2]C(CCCC)c1ccc(Cc2ccc(F)cc2CCC)cc1. The van der Waals surface area contributed by atoms with E-state index in [1.807, 2.05) is 6.07 Å². The van der Waals surface area contributed by atoms with Crippen LogP contribution in [0.2, 0.25) is 0 Å². The highest BCUT2D eigenvalue weighted by atomic mass is 19.1. The average Bonchev–Trinajstić information content (AvgIpc) is 2.56. The van der Waals surface area contributed by atoms with E-state index in [4.69, 9.17) is 0 Å². The van der Waals surface area contributed by atoms with Crippen molar-refractivity contribution in [3.63, 3.8) is 0 Å². The maximum Gasteiger partial charge on any atom is 0.123 e. The normalized spacial score (nSPS) is 12.3. The Morgan fingerprint density at radius 1 is 0.957 bits per heavy atom. The Labute approximate surface area is 140 Å². The molecule has 0 nitrogen and oxygen atoms in total. The fraction of sp³-hybridized carbons (Fsp3) is 0.409. The summed E-state index contributed by atoms with van der Waals surface area (Å²) < 4.78 is 13.4. The molecule has 0 aliphatic rings. The van der Waals surface area contributed by atoms with E-state index in [9.17, 15) is 4.39 Å². The Morgan fingerprint density at radius 3 is 2.35 bits per heavy atom. The van der Waals surface area contributed by atoms with Crippen LogP contribution in [0, 0.1) is 12.7 Å². The van der Waals surface area contributed by atoms with Crippen LogP contribution >= 0.6 is 0 Å². The van der Waals surface area contributed by atoms with Gasteiger partial charge >= 0.3 is 0 Å². The van der Waals surface area contributed by atoms with Gasteiger partial charge in [-0.2, -0.15) is 0 Å². The first-order chi connectivity index (χ1) is 11.1. The first-order valence-electron chi connectivity index (χ1n) is 8.83. The van der Waals surface area contributed by atoms with Crippen LogP contribution in [-0.2, 0) is 12.8 Å². The van der Waals surface area contributed by atoms with Crippen LogP contribution < -0.4 is 0 Å². The summed E-state index contributed by atoms with van der Waals surface area (Å²) in [6.45, 7) is 8.61. The van der Waals surface area contributed by atoms with Crippen molar-refractivity contribution in [3.05, 3.63) is 77.5 Å². The van der Waals surface area contributed by atoms with Crippen LogP contribution in [0.25, 0.3) is 0 Å². The van der Waals surface area contributed by atoms with Crippen LogP contribution in [0.4, 0.5) is 4.39 Å². The molecule has 0 bridgehead atoms. The number of unbranched alkanes of at least 4 members (excludes halogenated alkanes) is 1. The minimum atomic E-state index is -0.136. The molecule has 1 heteroatoms. The summed E-state index contributed by atoms with van der Waals surface area (Å²) in [6.07, 6.45) is 6.43.